The Morgan fingerprint density at radius 1 is 1.14 bits per heavy atom. The Morgan fingerprint density at radius 2 is 1.83 bits per heavy atom. The molecule has 3 saturated carbocycles. The number of allylic oxidation sites excluding steroid dienone is 3. The molecule has 0 aromatic rings. The van der Waals surface area contributed by atoms with Crippen molar-refractivity contribution >= 4 is 0 Å². The molecule has 1 saturated heterocycles. The highest BCUT2D eigenvalue weighted by molar-refractivity contribution is 5.38. The van der Waals surface area contributed by atoms with Crippen LogP contribution in [0.25, 0.3) is 0 Å². The Hall–Kier alpha value is -1.15. The molecule has 0 spiro atoms. The average molecular weight is 498 g/mol. The number of aliphatic hydroxyl groups excluding tert-OH is 2. The monoisotopic (exact) mass is 497 g/mol. The lowest BCUT2D eigenvalue weighted by molar-refractivity contribution is -0.272. The minimum Gasteiger partial charge on any atom is -0.393 e. The molecule has 4 fully saturated rings. The number of nitrogens with zero attached hydrogens (tertiary/aromatic N) is 1. The van der Waals surface area contributed by atoms with Crippen molar-refractivity contribution in [1.29, 1.82) is 0 Å². The lowest BCUT2D eigenvalue weighted by Crippen LogP contribution is -2.54. The van der Waals surface area contributed by atoms with Crippen LogP contribution in [0.4, 0.5) is 13.2 Å². The largest absolute Gasteiger partial charge is 0.417 e. The number of fused-ring (bicyclic) bond motifs is 1. The Kier molecular flexibility index (Phi) is 7.65. The van der Waals surface area contributed by atoms with Crippen LogP contribution in [0.15, 0.2) is 35.5 Å². The number of hydrogen-bond donors (Lipinski definition) is 3. The number of rotatable bonds is 4. The average Bonchev–Trinajstić information content (AvgIpc) is 3.13. The van der Waals surface area contributed by atoms with Crippen molar-refractivity contribution in [2.45, 2.75) is 95.6 Å². The Bertz CT molecular complexity index is 858. The van der Waals surface area contributed by atoms with Crippen LogP contribution in [0.3, 0.4) is 0 Å². The molecule has 1 aliphatic heterocycles. The van der Waals surface area contributed by atoms with Crippen molar-refractivity contribution in [3.05, 3.63) is 35.5 Å². The third-order valence-electron chi connectivity index (χ3n) is 9.75. The van der Waals surface area contributed by atoms with Crippen molar-refractivity contribution in [3.63, 3.8) is 0 Å². The summed E-state index contributed by atoms with van der Waals surface area (Å²) in [5.74, 6) is 1.38. The standard InChI is InChI=1S/C28H42F3NO3/c1-18(17-32-13-11-27(35,12-14-32)28(29,30)31)23-8-9-24-20(5-4-10-26(23,24)3)6-7-21-15-22(33)16-25(34)19(21)2/h6-7,18,22-25,33-35H,2,4-5,8-17H2,1,3H3/t18?,22-,23-,24+,25+,26-/m1/s1. The van der Waals surface area contributed by atoms with E-state index in [4.69, 9.17) is 0 Å². The van der Waals surface area contributed by atoms with E-state index in [1.54, 1.807) is 0 Å². The summed E-state index contributed by atoms with van der Waals surface area (Å²) < 4.78 is 39.5. The molecule has 1 heterocycles. The summed E-state index contributed by atoms with van der Waals surface area (Å²) >= 11 is 0. The zero-order valence-electron chi connectivity index (χ0n) is 21.2. The van der Waals surface area contributed by atoms with Gasteiger partial charge in [0, 0.05) is 26.1 Å². The van der Waals surface area contributed by atoms with Crippen LogP contribution >= 0.6 is 0 Å². The molecular weight excluding hydrogens is 455 g/mol. The third-order valence-corrected chi connectivity index (χ3v) is 9.75. The van der Waals surface area contributed by atoms with Crippen molar-refractivity contribution in [2.24, 2.45) is 23.2 Å². The number of aliphatic hydroxyl groups is 3. The second-order valence-electron chi connectivity index (χ2n) is 12.0. The Labute approximate surface area is 207 Å². The maximum atomic E-state index is 13.2. The summed E-state index contributed by atoms with van der Waals surface area (Å²) in [6, 6.07) is 0. The van der Waals surface area contributed by atoms with Crippen LogP contribution in [0.5, 0.6) is 0 Å². The number of alkyl halides is 3. The van der Waals surface area contributed by atoms with E-state index in [-0.39, 0.29) is 31.3 Å². The van der Waals surface area contributed by atoms with Gasteiger partial charge in [0.15, 0.2) is 5.60 Å². The normalized spacial score (nSPS) is 39.7. The van der Waals surface area contributed by atoms with Gasteiger partial charge < -0.3 is 20.2 Å². The summed E-state index contributed by atoms with van der Waals surface area (Å²) in [5, 5.41) is 30.2. The summed E-state index contributed by atoms with van der Waals surface area (Å²) in [4.78, 5) is 2.11. The highest BCUT2D eigenvalue weighted by atomic mass is 19.4. The van der Waals surface area contributed by atoms with Gasteiger partial charge in [0.05, 0.1) is 12.2 Å². The molecule has 0 aromatic carbocycles. The van der Waals surface area contributed by atoms with Gasteiger partial charge in [0.25, 0.3) is 0 Å². The van der Waals surface area contributed by atoms with Crippen LogP contribution in [0, 0.1) is 23.2 Å². The van der Waals surface area contributed by atoms with E-state index in [2.05, 4.69) is 37.5 Å². The van der Waals surface area contributed by atoms with Crippen LogP contribution < -0.4 is 0 Å². The summed E-state index contributed by atoms with van der Waals surface area (Å²) in [5.41, 5.74) is 0.722. The lowest BCUT2D eigenvalue weighted by atomic mass is 9.61. The van der Waals surface area contributed by atoms with Gasteiger partial charge in [0.2, 0.25) is 0 Å². The van der Waals surface area contributed by atoms with Gasteiger partial charge >= 0.3 is 6.18 Å². The molecule has 3 N–H and O–H groups in total. The molecule has 0 aromatic heterocycles. The fourth-order valence-electron chi connectivity index (χ4n) is 7.60. The van der Waals surface area contributed by atoms with Gasteiger partial charge in [-0.25, -0.2) is 0 Å². The van der Waals surface area contributed by atoms with Crippen LogP contribution in [0.1, 0.15) is 71.6 Å². The minimum absolute atomic E-state index is 0.174. The van der Waals surface area contributed by atoms with Gasteiger partial charge in [-0.05, 0) is 85.7 Å². The van der Waals surface area contributed by atoms with E-state index in [1.165, 1.54) is 12.0 Å². The first-order valence-electron chi connectivity index (χ1n) is 13.3. The van der Waals surface area contributed by atoms with Gasteiger partial charge in [-0.2, -0.15) is 13.2 Å². The van der Waals surface area contributed by atoms with E-state index in [0.717, 1.165) is 37.8 Å². The van der Waals surface area contributed by atoms with Crippen molar-refractivity contribution in [1.82, 2.24) is 4.90 Å². The van der Waals surface area contributed by atoms with Gasteiger partial charge in [-0.1, -0.05) is 38.2 Å². The van der Waals surface area contributed by atoms with E-state index < -0.39 is 24.0 Å². The molecular formula is C28H42F3NO3. The molecule has 1 unspecified atom stereocenters. The first-order chi connectivity index (χ1) is 16.3. The van der Waals surface area contributed by atoms with E-state index >= 15 is 0 Å². The Balaban J connectivity index is 1.41. The van der Waals surface area contributed by atoms with Crippen LogP contribution in [-0.2, 0) is 0 Å². The van der Waals surface area contributed by atoms with Crippen LogP contribution in [-0.4, -0.2) is 63.8 Å². The van der Waals surface area contributed by atoms with Crippen molar-refractivity contribution in [2.75, 3.05) is 19.6 Å². The molecule has 0 bridgehead atoms. The number of piperidine rings is 1. The smallest absolute Gasteiger partial charge is 0.393 e. The zero-order chi connectivity index (χ0) is 25.6. The molecule has 4 aliphatic rings. The van der Waals surface area contributed by atoms with E-state index in [0.29, 0.717) is 36.2 Å². The summed E-state index contributed by atoms with van der Waals surface area (Å²) in [7, 11) is 0. The van der Waals surface area contributed by atoms with E-state index in [9.17, 15) is 28.5 Å². The number of likely N-dealkylation sites (tertiary alicyclic amines) is 1. The third kappa shape index (κ3) is 5.29. The second kappa shape index (κ2) is 9.96. The Morgan fingerprint density at radius 3 is 2.49 bits per heavy atom. The minimum atomic E-state index is -4.56. The summed E-state index contributed by atoms with van der Waals surface area (Å²) in [6.07, 6.45) is 4.48. The number of halogens is 3. The maximum absolute atomic E-state index is 13.2. The van der Waals surface area contributed by atoms with Gasteiger partial charge in [0.1, 0.15) is 0 Å². The van der Waals surface area contributed by atoms with Crippen molar-refractivity contribution in [3.8, 4) is 0 Å². The zero-order valence-corrected chi connectivity index (χ0v) is 21.2. The van der Waals surface area contributed by atoms with Gasteiger partial charge in [-0.3, -0.25) is 0 Å². The van der Waals surface area contributed by atoms with E-state index in [1.807, 2.05) is 0 Å². The lowest BCUT2D eigenvalue weighted by Gasteiger charge is -2.46. The second-order valence-corrected chi connectivity index (χ2v) is 12.0. The van der Waals surface area contributed by atoms with Crippen molar-refractivity contribution < 1.29 is 28.5 Å². The molecule has 3 aliphatic carbocycles. The maximum Gasteiger partial charge on any atom is 0.417 e. The SMILES string of the molecule is C=C1C(=CC=C2CCC[C@]3(C)[C@@H](C(C)CN4CCC(O)(C(F)(F)F)CC4)CC[C@@H]23)C[C@@H](O)C[C@@H]1O. The highest BCUT2D eigenvalue weighted by Crippen LogP contribution is 2.59. The molecule has 0 amide bonds. The molecule has 6 atom stereocenters. The first kappa shape index (κ1) is 26.9. The van der Waals surface area contributed by atoms with Crippen LogP contribution in [0.2, 0.25) is 0 Å². The molecule has 0 radical (unpaired) electrons. The molecule has 7 heteroatoms. The molecule has 4 rings (SSSR count). The number of hydrogen-bond acceptors (Lipinski definition) is 4. The molecule has 198 valence electrons. The quantitative estimate of drug-likeness (QED) is 0.503. The first-order valence-corrected chi connectivity index (χ1v) is 13.3. The summed E-state index contributed by atoms with van der Waals surface area (Å²) in [6.45, 7) is 10.0. The topological polar surface area (TPSA) is 63.9 Å². The fraction of sp³-hybridized carbons (Fsp3) is 0.786. The van der Waals surface area contributed by atoms with Gasteiger partial charge in [-0.15, -0.1) is 0 Å². The molecule has 4 nitrogen and oxygen atoms in total. The highest BCUT2D eigenvalue weighted by Gasteiger charge is 2.55. The molecule has 35 heavy (non-hydrogen) atoms. The fourth-order valence-corrected chi connectivity index (χ4v) is 7.60. The predicted octanol–water partition coefficient (Wildman–Crippen LogP) is 5.15. The predicted molar refractivity (Wildman–Crippen MR) is 131 cm³/mol.